The molecular weight excluding hydrogens is 212 g/mol. The molecule has 0 bridgehead atoms. The van der Waals surface area contributed by atoms with Gasteiger partial charge in [0, 0.05) is 24.8 Å². The average molecular weight is 230 g/mol. The molecule has 2 aromatic rings. The first kappa shape index (κ1) is 11.5. The molecule has 90 valence electrons. The van der Waals surface area contributed by atoms with Gasteiger partial charge in [-0.1, -0.05) is 12.1 Å². The standard InChI is InChI=1S/C13H18N4/c1-9-5-4-6-12(13(9)14)15-7-11-8-16-17(3)10(11)2/h4-6,8,15H,7,14H2,1-3H3. The van der Waals surface area contributed by atoms with Gasteiger partial charge < -0.3 is 11.1 Å². The number of rotatable bonds is 3. The highest BCUT2D eigenvalue weighted by molar-refractivity contribution is 5.69. The van der Waals surface area contributed by atoms with Crippen LogP contribution in [-0.2, 0) is 13.6 Å². The Morgan fingerprint density at radius 2 is 2.12 bits per heavy atom. The van der Waals surface area contributed by atoms with E-state index in [0.29, 0.717) is 0 Å². The molecule has 0 aliphatic heterocycles. The molecule has 17 heavy (non-hydrogen) atoms. The molecule has 4 heteroatoms. The van der Waals surface area contributed by atoms with Crippen molar-refractivity contribution in [1.29, 1.82) is 0 Å². The Morgan fingerprint density at radius 1 is 1.35 bits per heavy atom. The average Bonchev–Trinajstić information content (AvgIpc) is 2.62. The van der Waals surface area contributed by atoms with Crippen molar-refractivity contribution < 1.29 is 0 Å². The molecular formula is C13H18N4. The summed E-state index contributed by atoms with van der Waals surface area (Å²) in [6.45, 7) is 4.81. The fraction of sp³-hybridized carbons (Fsp3) is 0.308. The van der Waals surface area contributed by atoms with Gasteiger partial charge in [-0.3, -0.25) is 4.68 Å². The fourth-order valence-electron chi connectivity index (χ4n) is 1.74. The summed E-state index contributed by atoms with van der Waals surface area (Å²) in [5.41, 5.74) is 11.3. The lowest BCUT2D eigenvalue weighted by molar-refractivity contribution is 0.738. The van der Waals surface area contributed by atoms with Gasteiger partial charge in [0.2, 0.25) is 0 Å². The van der Waals surface area contributed by atoms with Gasteiger partial charge in [0.15, 0.2) is 0 Å². The first-order valence-electron chi connectivity index (χ1n) is 5.66. The van der Waals surface area contributed by atoms with E-state index in [9.17, 15) is 0 Å². The lowest BCUT2D eigenvalue weighted by Gasteiger charge is -2.10. The predicted molar refractivity (Wildman–Crippen MR) is 70.9 cm³/mol. The van der Waals surface area contributed by atoms with Crippen LogP contribution < -0.4 is 11.1 Å². The van der Waals surface area contributed by atoms with E-state index in [0.717, 1.165) is 23.5 Å². The Kier molecular flexibility index (Phi) is 3.04. The van der Waals surface area contributed by atoms with Gasteiger partial charge >= 0.3 is 0 Å². The Hall–Kier alpha value is -1.97. The third-order valence-electron chi connectivity index (χ3n) is 3.13. The maximum absolute atomic E-state index is 6.01. The van der Waals surface area contributed by atoms with Crippen LogP contribution in [0.15, 0.2) is 24.4 Å². The summed E-state index contributed by atoms with van der Waals surface area (Å²) in [7, 11) is 1.94. The zero-order valence-corrected chi connectivity index (χ0v) is 10.5. The van der Waals surface area contributed by atoms with E-state index in [1.54, 1.807) is 0 Å². The topological polar surface area (TPSA) is 55.9 Å². The number of aromatic nitrogens is 2. The summed E-state index contributed by atoms with van der Waals surface area (Å²) in [5.74, 6) is 0. The lowest BCUT2D eigenvalue weighted by Crippen LogP contribution is -2.04. The van der Waals surface area contributed by atoms with Crippen LogP contribution in [0.2, 0.25) is 0 Å². The van der Waals surface area contributed by atoms with Crippen molar-refractivity contribution in [2.45, 2.75) is 20.4 Å². The highest BCUT2D eigenvalue weighted by Gasteiger charge is 2.05. The van der Waals surface area contributed by atoms with Crippen molar-refractivity contribution in [1.82, 2.24) is 9.78 Å². The van der Waals surface area contributed by atoms with Gasteiger partial charge in [-0.25, -0.2) is 0 Å². The quantitative estimate of drug-likeness (QED) is 0.795. The summed E-state index contributed by atoms with van der Waals surface area (Å²) in [6.07, 6.45) is 1.88. The predicted octanol–water partition coefficient (Wildman–Crippen LogP) is 2.23. The lowest BCUT2D eigenvalue weighted by atomic mass is 10.1. The summed E-state index contributed by atoms with van der Waals surface area (Å²) in [6, 6.07) is 6.01. The number of hydrogen-bond donors (Lipinski definition) is 2. The summed E-state index contributed by atoms with van der Waals surface area (Å²) >= 11 is 0. The van der Waals surface area contributed by atoms with E-state index >= 15 is 0 Å². The van der Waals surface area contributed by atoms with Gasteiger partial charge in [0.1, 0.15) is 0 Å². The molecule has 1 aromatic heterocycles. The smallest absolute Gasteiger partial charge is 0.0579 e. The van der Waals surface area contributed by atoms with Crippen LogP contribution in [0.1, 0.15) is 16.8 Å². The van der Waals surface area contributed by atoms with E-state index in [2.05, 4.69) is 17.3 Å². The molecule has 1 heterocycles. The molecule has 3 N–H and O–H groups in total. The van der Waals surface area contributed by atoms with Crippen LogP contribution in [0, 0.1) is 13.8 Å². The molecule has 0 spiro atoms. The second-order valence-electron chi connectivity index (χ2n) is 4.27. The van der Waals surface area contributed by atoms with Crippen molar-refractivity contribution in [3.8, 4) is 0 Å². The highest BCUT2D eigenvalue weighted by atomic mass is 15.3. The summed E-state index contributed by atoms with van der Waals surface area (Å²) in [5, 5.41) is 7.56. The van der Waals surface area contributed by atoms with E-state index in [-0.39, 0.29) is 0 Å². The molecule has 0 aliphatic rings. The highest BCUT2D eigenvalue weighted by Crippen LogP contribution is 2.22. The molecule has 0 saturated carbocycles. The number of hydrogen-bond acceptors (Lipinski definition) is 3. The molecule has 4 nitrogen and oxygen atoms in total. The number of nitrogens with two attached hydrogens (primary N) is 1. The number of aryl methyl sites for hydroxylation is 2. The van der Waals surface area contributed by atoms with Crippen molar-refractivity contribution in [2.75, 3.05) is 11.1 Å². The Labute approximate surface area is 101 Å². The van der Waals surface area contributed by atoms with Gasteiger partial charge in [-0.15, -0.1) is 0 Å². The van der Waals surface area contributed by atoms with E-state index in [1.807, 2.05) is 43.0 Å². The molecule has 1 aromatic carbocycles. The van der Waals surface area contributed by atoms with Crippen LogP contribution >= 0.6 is 0 Å². The molecule has 0 amide bonds. The van der Waals surface area contributed by atoms with Crippen LogP contribution in [0.4, 0.5) is 11.4 Å². The molecule has 2 rings (SSSR count). The second-order valence-corrected chi connectivity index (χ2v) is 4.27. The fourth-order valence-corrected chi connectivity index (χ4v) is 1.74. The number of anilines is 2. The number of benzene rings is 1. The van der Waals surface area contributed by atoms with Crippen molar-refractivity contribution in [2.24, 2.45) is 7.05 Å². The van der Waals surface area contributed by atoms with Gasteiger partial charge in [-0.05, 0) is 25.5 Å². The third-order valence-corrected chi connectivity index (χ3v) is 3.13. The number of para-hydroxylation sites is 1. The number of nitrogens with one attached hydrogen (secondary N) is 1. The third kappa shape index (κ3) is 2.25. The summed E-state index contributed by atoms with van der Waals surface area (Å²) in [4.78, 5) is 0. The molecule has 0 saturated heterocycles. The zero-order valence-electron chi connectivity index (χ0n) is 10.5. The molecule has 0 unspecified atom stereocenters. The van der Waals surface area contributed by atoms with Gasteiger partial charge in [-0.2, -0.15) is 5.10 Å². The van der Waals surface area contributed by atoms with E-state index < -0.39 is 0 Å². The molecule has 0 aliphatic carbocycles. The second kappa shape index (κ2) is 4.49. The largest absolute Gasteiger partial charge is 0.397 e. The van der Waals surface area contributed by atoms with Gasteiger partial charge in [0.05, 0.1) is 17.6 Å². The first-order valence-corrected chi connectivity index (χ1v) is 5.66. The van der Waals surface area contributed by atoms with E-state index in [1.165, 1.54) is 11.3 Å². The molecule has 0 atom stereocenters. The summed E-state index contributed by atoms with van der Waals surface area (Å²) < 4.78 is 1.87. The monoisotopic (exact) mass is 230 g/mol. The maximum Gasteiger partial charge on any atom is 0.0579 e. The van der Waals surface area contributed by atoms with E-state index in [4.69, 9.17) is 5.73 Å². The Morgan fingerprint density at radius 3 is 2.76 bits per heavy atom. The maximum atomic E-state index is 6.01. The Balaban J connectivity index is 2.13. The SMILES string of the molecule is Cc1cccc(NCc2cnn(C)c2C)c1N. The molecule has 0 fully saturated rings. The minimum atomic E-state index is 0.743. The first-order chi connectivity index (χ1) is 8.09. The minimum Gasteiger partial charge on any atom is -0.397 e. The Bertz CT molecular complexity index is 528. The van der Waals surface area contributed by atoms with Crippen LogP contribution in [-0.4, -0.2) is 9.78 Å². The zero-order chi connectivity index (χ0) is 12.4. The number of nitrogen functional groups attached to an aromatic ring is 1. The van der Waals surface area contributed by atoms with Crippen LogP contribution in [0.3, 0.4) is 0 Å². The minimum absolute atomic E-state index is 0.743. The van der Waals surface area contributed by atoms with Crippen molar-refractivity contribution in [3.05, 3.63) is 41.2 Å². The van der Waals surface area contributed by atoms with Crippen molar-refractivity contribution in [3.63, 3.8) is 0 Å². The van der Waals surface area contributed by atoms with Gasteiger partial charge in [0.25, 0.3) is 0 Å². The molecule has 0 radical (unpaired) electrons. The normalized spacial score (nSPS) is 10.5. The van der Waals surface area contributed by atoms with Crippen LogP contribution in [0.5, 0.6) is 0 Å². The van der Waals surface area contributed by atoms with Crippen molar-refractivity contribution >= 4 is 11.4 Å². The van der Waals surface area contributed by atoms with Crippen LogP contribution in [0.25, 0.3) is 0 Å². The number of nitrogens with zero attached hydrogens (tertiary/aromatic N) is 2.